The highest BCUT2D eigenvalue weighted by Crippen LogP contribution is 1.96. The monoisotopic (exact) mass is 144 g/mol. The molecule has 1 saturated heterocycles. The molecule has 0 saturated carbocycles. The number of hydrogen-bond donors (Lipinski definition) is 2. The van der Waals surface area contributed by atoms with Crippen LogP contribution >= 0.6 is 0 Å². The highest BCUT2D eigenvalue weighted by Gasteiger charge is 2.15. The van der Waals surface area contributed by atoms with Gasteiger partial charge in [-0.25, -0.2) is 0 Å². The van der Waals surface area contributed by atoms with Gasteiger partial charge in [0.05, 0.1) is 6.61 Å². The number of rotatable bonds is 2. The second-order valence-electron chi connectivity index (χ2n) is 2.73. The second kappa shape index (κ2) is 3.91. The molecular formula is C7H16N2O. The molecule has 1 rings (SSSR count). The summed E-state index contributed by atoms with van der Waals surface area (Å²) in [6, 6.07) is 0.300. The zero-order valence-electron chi connectivity index (χ0n) is 6.51. The number of aliphatic hydroxyl groups is 1. The minimum absolute atomic E-state index is 0.260. The number of hydrogen-bond acceptors (Lipinski definition) is 3. The first-order valence-corrected chi connectivity index (χ1v) is 3.93. The molecule has 0 aliphatic carbocycles. The van der Waals surface area contributed by atoms with Crippen molar-refractivity contribution in [1.29, 1.82) is 0 Å². The van der Waals surface area contributed by atoms with Crippen LogP contribution in [0.5, 0.6) is 0 Å². The summed E-state index contributed by atoms with van der Waals surface area (Å²) >= 11 is 0. The van der Waals surface area contributed by atoms with Crippen LogP contribution in [0.3, 0.4) is 0 Å². The van der Waals surface area contributed by atoms with E-state index >= 15 is 0 Å². The summed E-state index contributed by atoms with van der Waals surface area (Å²) in [6.07, 6.45) is 0. The van der Waals surface area contributed by atoms with Crippen LogP contribution in [0.2, 0.25) is 0 Å². The van der Waals surface area contributed by atoms with Crippen molar-refractivity contribution >= 4 is 0 Å². The van der Waals surface area contributed by atoms with Crippen molar-refractivity contribution < 1.29 is 5.11 Å². The Morgan fingerprint density at radius 2 is 2.50 bits per heavy atom. The fourth-order valence-corrected chi connectivity index (χ4v) is 1.30. The number of nitrogens with one attached hydrogen (secondary N) is 1. The molecule has 0 radical (unpaired) electrons. The molecule has 1 unspecified atom stereocenters. The molecule has 0 aromatic rings. The summed E-state index contributed by atoms with van der Waals surface area (Å²) in [5, 5.41) is 12.1. The predicted octanol–water partition coefficient (Wildman–Crippen LogP) is -0.728. The van der Waals surface area contributed by atoms with Crippen LogP contribution in [0.1, 0.15) is 6.92 Å². The van der Waals surface area contributed by atoms with Crippen molar-refractivity contribution in [2.24, 2.45) is 0 Å². The molecule has 1 aliphatic heterocycles. The van der Waals surface area contributed by atoms with Crippen molar-refractivity contribution in [3.8, 4) is 0 Å². The maximum atomic E-state index is 8.82. The first-order chi connectivity index (χ1) is 4.86. The number of likely N-dealkylation sites (N-methyl/N-ethyl adjacent to an activating group) is 1. The summed E-state index contributed by atoms with van der Waals surface area (Å²) in [5.74, 6) is 0. The van der Waals surface area contributed by atoms with E-state index < -0.39 is 0 Å². The lowest BCUT2D eigenvalue weighted by Gasteiger charge is -2.31. The Labute approximate surface area is 62.0 Å². The van der Waals surface area contributed by atoms with Gasteiger partial charge in [0.2, 0.25) is 0 Å². The quantitative estimate of drug-likeness (QED) is 0.536. The maximum absolute atomic E-state index is 8.82. The molecule has 3 nitrogen and oxygen atoms in total. The molecule has 1 atom stereocenters. The van der Waals surface area contributed by atoms with E-state index in [4.69, 9.17) is 5.11 Å². The molecule has 1 fully saturated rings. The Hall–Kier alpha value is -0.120. The van der Waals surface area contributed by atoms with Crippen LogP contribution in [0.15, 0.2) is 0 Å². The van der Waals surface area contributed by atoms with Gasteiger partial charge in [-0.15, -0.1) is 0 Å². The smallest absolute Gasteiger partial charge is 0.0597 e. The molecule has 0 bridgehead atoms. The Morgan fingerprint density at radius 1 is 1.70 bits per heavy atom. The van der Waals surface area contributed by atoms with Crippen LogP contribution < -0.4 is 5.32 Å². The van der Waals surface area contributed by atoms with E-state index in [0.717, 1.165) is 26.2 Å². The molecular weight excluding hydrogens is 128 g/mol. The Balaban J connectivity index is 2.25. The molecule has 0 aromatic heterocycles. The normalized spacial score (nSPS) is 28.8. The zero-order chi connectivity index (χ0) is 7.40. The van der Waals surface area contributed by atoms with Gasteiger partial charge in [-0.2, -0.15) is 0 Å². The average molecular weight is 144 g/mol. The molecule has 10 heavy (non-hydrogen) atoms. The van der Waals surface area contributed by atoms with E-state index in [1.807, 2.05) is 0 Å². The number of nitrogens with zero attached hydrogens (tertiary/aromatic N) is 1. The van der Waals surface area contributed by atoms with Crippen LogP contribution in [-0.2, 0) is 0 Å². The third-order valence-electron chi connectivity index (χ3n) is 2.01. The van der Waals surface area contributed by atoms with Crippen molar-refractivity contribution in [2.75, 3.05) is 32.8 Å². The molecule has 1 heterocycles. The van der Waals surface area contributed by atoms with E-state index in [-0.39, 0.29) is 6.61 Å². The van der Waals surface area contributed by atoms with Crippen LogP contribution in [0.4, 0.5) is 0 Å². The summed E-state index contributed by atoms with van der Waals surface area (Å²) in [5.41, 5.74) is 0. The van der Waals surface area contributed by atoms with E-state index in [2.05, 4.69) is 17.1 Å². The third kappa shape index (κ3) is 1.94. The molecule has 0 amide bonds. The van der Waals surface area contributed by atoms with Crippen LogP contribution in [0.25, 0.3) is 0 Å². The first-order valence-electron chi connectivity index (χ1n) is 3.93. The van der Waals surface area contributed by atoms with E-state index in [0.29, 0.717) is 6.04 Å². The standard InChI is InChI=1S/C7H16N2O/c1-2-9-4-3-8-7(5-9)6-10/h7-8,10H,2-6H2,1H3. The third-order valence-corrected chi connectivity index (χ3v) is 2.01. The van der Waals surface area contributed by atoms with Crippen molar-refractivity contribution in [3.05, 3.63) is 0 Å². The molecule has 3 heteroatoms. The van der Waals surface area contributed by atoms with Gasteiger partial charge in [-0.05, 0) is 6.54 Å². The molecule has 0 aromatic carbocycles. The number of piperazine rings is 1. The minimum Gasteiger partial charge on any atom is -0.395 e. The lowest BCUT2D eigenvalue weighted by atomic mass is 10.2. The molecule has 2 N–H and O–H groups in total. The summed E-state index contributed by atoms with van der Waals surface area (Å²) < 4.78 is 0. The Kier molecular flexibility index (Phi) is 3.12. The Bertz CT molecular complexity index is 87.6. The molecule has 0 spiro atoms. The van der Waals surface area contributed by atoms with Gasteiger partial charge >= 0.3 is 0 Å². The lowest BCUT2D eigenvalue weighted by molar-refractivity contribution is 0.153. The highest BCUT2D eigenvalue weighted by atomic mass is 16.3. The van der Waals surface area contributed by atoms with Gasteiger partial charge in [0.25, 0.3) is 0 Å². The summed E-state index contributed by atoms with van der Waals surface area (Å²) in [6.45, 7) is 6.63. The van der Waals surface area contributed by atoms with Crippen LogP contribution in [0, 0.1) is 0 Å². The Morgan fingerprint density at radius 3 is 3.10 bits per heavy atom. The van der Waals surface area contributed by atoms with Crippen molar-refractivity contribution in [1.82, 2.24) is 10.2 Å². The minimum atomic E-state index is 0.260. The van der Waals surface area contributed by atoms with Gasteiger partial charge in [0.15, 0.2) is 0 Å². The lowest BCUT2D eigenvalue weighted by Crippen LogP contribution is -2.51. The second-order valence-corrected chi connectivity index (χ2v) is 2.73. The van der Waals surface area contributed by atoms with Crippen LogP contribution in [-0.4, -0.2) is 48.8 Å². The first kappa shape index (κ1) is 7.98. The van der Waals surface area contributed by atoms with Gasteiger partial charge in [-0.1, -0.05) is 6.92 Å². The molecule has 60 valence electrons. The predicted molar refractivity (Wildman–Crippen MR) is 41.0 cm³/mol. The SMILES string of the molecule is CCN1CCNC(CO)C1. The van der Waals surface area contributed by atoms with Gasteiger partial charge in [0, 0.05) is 25.7 Å². The average Bonchev–Trinajstić information content (AvgIpc) is 2.05. The highest BCUT2D eigenvalue weighted by molar-refractivity contribution is 4.76. The van der Waals surface area contributed by atoms with Gasteiger partial charge in [-0.3, -0.25) is 0 Å². The largest absolute Gasteiger partial charge is 0.395 e. The topological polar surface area (TPSA) is 35.5 Å². The van der Waals surface area contributed by atoms with E-state index in [1.54, 1.807) is 0 Å². The van der Waals surface area contributed by atoms with Gasteiger partial charge in [0.1, 0.15) is 0 Å². The number of aliphatic hydroxyl groups excluding tert-OH is 1. The fourth-order valence-electron chi connectivity index (χ4n) is 1.30. The van der Waals surface area contributed by atoms with Crippen molar-refractivity contribution in [2.45, 2.75) is 13.0 Å². The van der Waals surface area contributed by atoms with Gasteiger partial charge < -0.3 is 15.3 Å². The zero-order valence-corrected chi connectivity index (χ0v) is 6.51. The van der Waals surface area contributed by atoms with E-state index in [1.165, 1.54) is 0 Å². The summed E-state index contributed by atoms with van der Waals surface area (Å²) in [7, 11) is 0. The summed E-state index contributed by atoms with van der Waals surface area (Å²) in [4.78, 5) is 2.34. The maximum Gasteiger partial charge on any atom is 0.0597 e. The fraction of sp³-hybridized carbons (Fsp3) is 1.00. The molecule has 1 aliphatic rings. The van der Waals surface area contributed by atoms with E-state index in [9.17, 15) is 0 Å². The van der Waals surface area contributed by atoms with Crippen molar-refractivity contribution in [3.63, 3.8) is 0 Å².